The van der Waals surface area contributed by atoms with Gasteiger partial charge >= 0.3 is 0 Å². The van der Waals surface area contributed by atoms with Crippen LogP contribution in [0, 0.1) is 11.3 Å². The van der Waals surface area contributed by atoms with Crippen molar-refractivity contribution in [1.82, 2.24) is 15.2 Å². The first-order chi connectivity index (χ1) is 15.0. The van der Waals surface area contributed by atoms with E-state index < -0.39 is 0 Å². The highest BCUT2D eigenvalue weighted by atomic mass is 32.1. The Hall–Kier alpha value is -3.58. The Kier molecular flexibility index (Phi) is 6.04. The van der Waals surface area contributed by atoms with Gasteiger partial charge in [-0.3, -0.25) is 9.59 Å². The lowest BCUT2D eigenvalue weighted by atomic mass is 10.1. The summed E-state index contributed by atoms with van der Waals surface area (Å²) in [6, 6.07) is 8.98. The molecule has 10 heteroatoms. The Morgan fingerprint density at radius 3 is 2.71 bits per heavy atom. The smallest absolute Gasteiger partial charge is 0.266 e. The van der Waals surface area contributed by atoms with Crippen molar-refractivity contribution in [3.05, 3.63) is 46.5 Å². The van der Waals surface area contributed by atoms with Gasteiger partial charge in [0.2, 0.25) is 23.4 Å². The fourth-order valence-corrected chi connectivity index (χ4v) is 4.30. The second-order valence-electron chi connectivity index (χ2n) is 7.10. The third-order valence-electron chi connectivity index (χ3n) is 5.01. The molecule has 1 aliphatic rings. The minimum atomic E-state index is -0.335. The number of anilines is 1. The molecule has 3 aromatic heterocycles. The summed E-state index contributed by atoms with van der Waals surface area (Å²) in [5.74, 6) is 0.896. The number of rotatable bonds is 6. The molecular formula is C21H21N5O4S. The van der Waals surface area contributed by atoms with Crippen LogP contribution in [0.15, 0.2) is 44.7 Å². The molecule has 1 atom stereocenters. The minimum Gasteiger partial charge on any atom is -0.459 e. The second kappa shape index (κ2) is 9.06. The van der Waals surface area contributed by atoms with Gasteiger partial charge < -0.3 is 24.0 Å². The number of oxazole rings is 1. The van der Waals surface area contributed by atoms with Crippen LogP contribution in [-0.2, 0) is 9.59 Å². The van der Waals surface area contributed by atoms with Crippen LogP contribution < -0.4 is 10.2 Å². The number of piperazine rings is 1. The van der Waals surface area contributed by atoms with Gasteiger partial charge in [-0.15, -0.1) is 11.3 Å². The fraction of sp³-hybridized carbons (Fsp3) is 0.333. The molecule has 1 saturated heterocycles. The molecule has 3 aromatic rings. The molecule has 1 unspecified atom stereocenters. The molecule has 2 amide bonds. The molecule has 0 aromatic carbocycles. The lowest BCUT2D eigenvalue weighted by molar-refractivity contribution is -0.132. The first-order valence-corrected chi connectivity index (χ1v) is 10.7. The zero-order chi connectivity index (χ0) is 21.8. The number of hydrogen-bond donors (Lipinski definition) is 1. The van der Waals surface area contributed by atoms with E-state index in [-0.39, 0.29) is 35.9 Å². The average molecular weight is 439 g/mol. The maximum Gasteiger partial charge on any atom is 0.266 e. The zero-order valence-corrected chi connectivity index (χ0v) is 17.7. The number of carbonyl (C=O) groups excluding carboxylic acids is 2. The van der Waals surface area contributed by atoms with Crippen LogP contribution in [0.5, 0.6) is 0 Å². The summed E-state index contributed by atoms with van der Waals surface area (Å²) in [6.07, 6.45) is 1.72. The molecule has 1 fully saturated rings. The predicted molar refractivity (Wildman–Crippen MR) is 113 cm³/mol. The predicted octanol–water partition coefficient (Wildman–Crippen LogP) is 2.78. The molecule has 1 N–H and O–H groups in total. The molecule has 0 spiro atoms. The van der Waals surface area contributed by atoms with E-state index in [0.29, 0.717) is 37.8 Å². The number of hydrogen-bond acceptors (Lipinski definition) is 8. The summed E-state index contributed by atoms with van der Waals surface area (Å²) in [6.45, 7) is 3.44. The molecule has 160 valence electrons. The molecule has 0 bridgehead atoms. The van der Waals surface area contributed by atoms with Crippen molar-refractivity contribution in [1.29, 1.82) is 5.26 Å². The van der Waals surface area contributed by atoms with Crippen molar-refractivity contribution >= 4 is 29.0 Å². The third kappa shape index (κ3) is 4.62. The molecule has 1 aliphatic heterocycles. The summed E-state index contributed by atoms with van der Waals surface area (Å²) in [5.41, 5.74) is 0.189. The lowest BCUT2D eigenvalue weighted by Crippen LogP contribution is -2.49. The fourth-order valence-electron chi connectivity index (χ4n) is 3.53. The summed E-state index contributed by atoms with van der Waals surface area (Å²) >= 11 is 1.51. The normalized spacial score (nSPS) is 14.8. The van der Waals surface area contributed by atoms with Crippen LogP contribution >= 0.6 is 11.3 Å². The first kappa shape index (κ1) is 20.7. The minimum absolute atomic E-state index is 0.0267. The summed E-state index contributed by atoms with van der Waals surface area (Å²) in [4.78, 5) is 33.3. The summed E-state index contributed by atoms with van der Waals surface area (Å²) in [5, 5.41) is 14.2. The molecule has 9 nitrogen and oxygen atoms in total. The lowest BCUT2D eigenvalue weighted by Gasteiger charge is -2.35. The van der Waals surface area contributed by atoms with Crippen molar-refractivity contribution in [2.75, 3.05) is 31.1 Å². The highest BCUT2D eigenvalue weighted by molar-refractivity contribution is 7.10. The molecule has 4 heterocycles. The van der Waals surface area contributed by atoms with Gasteiger partial charge in [-0.05, 0) is 23.6 Å². The Morgan fingerprint density at radius 1 is 1.29 bits per heavy atom. The van der Waals surface area contributed by atoms with E-state index in [9.17, 15) is 14.9 Å². The molecule has 4 rings (SSSR count). The van der Waals surface area contributed by atoms with E-state index in [1.807, 2.05) is 22.4 Å². The zero-order valence-electron chi connectivity index (χ0n) is 16.9. The molecule has 0 aliphatic carbocycles. The van der Waals surface area contributed by atoms with Crippen LogP contribution in [0.2, 0.25) is 0 Å². The van der Waals surface area contributed by atoms with Gasteiger partial charge in [0.05, 0.1) is 18.7 Å². The summed E-state index contributed by atoms with van der Waals surface area (Å²) in [7, 11) is 0. The van der Waals surface area contributed by atoms with E-state index in [0.717, 1.165) is 4.88 Å². The van der Waals surface area contributed by atoms with Crippen molar-refractivity contribution in [3.63, 3.8) is 0 Å². The van der Waals surface area contributed by atoms with E-state index in [1.54, 1.807) is 17.0 Å². The molecule has 31 heavy (non-hydrogen) atoms. The number of furan rings is 1. The largest absolute Gasteiger partial charge is 0.459 e. The van der Waals surface area contributed by atoms with Crippen LogP contribution in [0.4, 0.5) is 5.88 Å². The van der Waals surface area contributed by atoms with Crippen LogP contribution in [0.1, 0.15) is 30.0 Å². The van der Waals surface area contributed by atoms with Gasteiger partial charge in [0.15, 0.2) is 5.76 Å². The van der Waals surface area contributed by atoms with E-state index in [2.05, 4.69) is 16.4 Å². The number of nitrogens with one attached hydrogen (secondary N) is 1. The molecule has 0 radical (unpaired) electrons. The van der Waals surface area contributed by atoms with Gasteiger partial charge in [-0.1, -0.05) is 6.07 Å². The van der Waals surface area contributed by atoms with E-state index >= 15 is 0 Å². The Bertz CT molecular complexity index is 1080. The second-order valence-corrected chi connectivity index (χ2v) is 8.08. The highest BCUT2D eigenvalue weighted by Crippen LogP contribution is 2.29. The van der Waals surface area contributed by atoms with Gasteiger partial charge in [0.25, 0.3) is 5.89 Å². The molecule has 0 saturated carbocycles. The molecular weight excluding hydrogens is 418 g/mol. The van der Waals surface area contributed by atoms with Crippen molar-refractivity contribution < 1.29 is 18.4 Å². The SMILES string of the molecule is CC(=O)NC(CC(=O)N1CCN(c2oc(-c3ccco3)nc2C#N)CC1)c1cccs1. The van der Waals surface area contributed by atoms with E-state index in [4.69, 9.17) is 8.83 Å². The number of thiophene rings is 1. The number of aromatic nitrogens is 1. The van der Waals surface area contributed by atoms with Crippen LogP contribution in [0.3, 0.4) is 0 Å². The van der Waals surface area contributed by atoms with Crippen LogP contribution in [0.25, 0.3) is 11.7 Å². The standard InChI is InChI=1S/C21H21N5O4S/c1-14(27)23-15(18-5-3-11-31-18)12-19(28)25-6-8-26(9-7-25)21-16(13-22)24-20(30-21)17-4-2-10-29-17/h2-5,10-11,15H,6-9,12H2,1H3,(H,23,27). The average Bonchev–Trinajstić information content (AvgIpc) is 3.54. The van der Waals surface area contributed by atoms with Crippen molar-refractivity contribution in [2.24, 2.45) is 0 Å². The number of amides is 2. The van der Waals surface area contributed by atoms with Gasteiger partial charge in [0.1, 0.15) is 6.07 Å². The Labute approximate surface area is 182 Å². The monoisotopic (exact) mass is 439 g/mol. The first-order valence-electron chi connectivity index (χ1n) is 9.83. The van der Waals surface area contributed by atoms with Gasteiger partial charge in [-0.2, -0.15) is 10.2 Å². The van der Waals surface area contributed by atoms with Crippen LogP contribution in [-0.4, -0.2) is 47.9 Å². The van der Waals surface area contributed by atoms with Gasteiger partial charge in [0, 0.05) is 38.0 Å². The summed E-state index contributed by atoms with van der Waals surface area (Å²) < 4.78 is 11.1. The number of nitriles is 1. The quantitative estimate of drug-likeness (QED) is 0.628. The topological polar surface area (TPSA) is 116 Å². The highest BCUT2D eigenvalue weighted by Gasteiger charge is 2.28. The maximum absolute atomic E-state index is 12.9. The third-order valence-corrected chi connectivity index (χ3v) is 6.00. The van der Waals surface area contributed by atoms with Crippen molar-refractivity contribution in [2.45, 2.75) is 19.4 Å². The van der Waals surface area contributed by atoms with Crippen molar-refractivity contribution in [3.8, 4) is 17.7 Å². The number of nitrogens with zero attached hydrogens (tertiary/aromatic N) is 4. The van der Waals surface area contributed by atoms with E-state index in [1.165, 1.54) is 24.5 Å². The Morgan fingerprint density at radius 2 is 2.10 bits per heavy atom. The van der Waals surface area contributed by atoms with Gasteiger partial charge in [-0.25, -0.2) is 0 Å². The number of carbonyl (C=O) groups is 2. The Balaban J connectivity index is 1.40. The maximum atomic E-state index is 12.9.